The number of rotatable bonds is 2. The monoisotopic (exact) mass is 411 g/mol. The Bertz CT molecular complexity index is 1090. The van der Waals surface area contributed by atoms with Gasteiger partial charge in [-0.25, -0.2) is 0 Å². The van der Waals surface area contributed by atoms with Crippen LogP contribution < -0.4 is 0 Å². The number of halogens is 2. The lowest BCUT2D eigenvalue weighted by atomic mass is 10.1. The van der Waals surface area contributed by atoms with E-state index in [0.29, 0.717) is 16.3 Å². The minimum Gasteiger partial charge on any atom is -0.267 e. The Labute approximate surface area is 157 Å². The smallest absolute Gasteiger partial charge is 0.267 e. The van der Waals surface area contributed by atoms with Gasteiger partial charge in [-0.05, 0) is 36.4 Å². The highest BCUT2D eigenvalue weighted by Crippen LogP contribution is 2.34. The summed E-state index contributed by atoms with van der Waals surface area (Å²) in [5.74, 6) is -0.215. The Morgan fingerprint density at radius 2 is 1.80 bits per heavy atom. The van der Waals surface area contributed by atoms with E-state index in [4.69, 9.17) is 11.6 Å². The Morgan fingerprint density at radius 1 is 1.04 bits per heavy atom. The van der Waals surface area contributed by atoms with Crippen molar-refractivity contribution in [3.8, 4) is 11.3 Å². The molecular weight excluding hydrogens is 402 g/mol. The van der Waals surface area contributed by atoms with Crippen LogP contribution in [0, 0.1) is 0 Å². The first-order valence-electron chi connectivity index (χ1n) is 7.53. The van der Waals surface area contributed by atoms with Crippen LogP contribution in [0.1, 0.15) is 10.4 Å². The maximum atomic E-state index is 12.9. The van der Waals surface area contributed by atoms with Crippen molar-refractivity contribution in [3.63, 3.8) is 0 Å². The quantitative estimate of drug-likeness (QED) is 0.454. The summed E-state index contributed by atoms with van der Waals surface area (Å²) >= 11 is 9.84. The molecule has 0 fully saturated rings. The van der Waals surface area contributed by atoms with Gasteiger partial charge in [-0.1, -0.05) is 45.7 Å². The summed E-state index contributed by atoms with van der Waals surface area (Å²) in [7, 11) is 0. The molecule has 6 heteroatoms. The van der Waals surface area contributed by atoms with Gasteiger partial charge in [0.1, 0.15) is 5.69 Å². The summed E-state index contributed by atoms with van der Waals surface area (Å²) < 4.78 is 2.32. The van der Waals surface area contributed by atoms with Gasteiger partial charge < -0.3 is 0 Å². The first-order chi connectivity index (χ1) is 12.1. The van der Waals surface area contributed by atoms with Gasteiger partial charge in [0, 0.05) is 33.4 Å². The Balaban J connectivity index is 1.98. The van der Waals surface area contributed by atoms with E-state index in [-0.39, 0.29) is 5.91 Å². The van der Waals surface area contributed by atoms with Gasteiger partial charge >= 0.3 is 0 Å². The maximum Gasteiger partial charge on any atom is 0.278 e. The van der Waals surface area contributed by atoms with Crippen molar-refractivity contribution in [2.75, 3.05) is 0 Å². The lowest BCUT2D eigenvalue weighted by molar-refractivity contribution is 0.0950. The second-order valence-electron chi connectivity index (χ2n) is 5.44. The fourth-order valence-electron chi connectivity index (χ4n) is 2.71. The predicted octanol–water partition coefficient (Wildman–Crippen LogP) is 5.20. The molecule has 0 amide bonds. The van der Waals surface area contributed by atoms with Gasteiger partial charge in [-0.2, -0.15) is 9.78 Å². The average molecular weight is 413 g/mol. The number of fused-ring (bicyclic) bond motifs is 1. The standard InChI is InChI=1S/C19H11BrClN3O/c20-13-5-6-17-15(11-13)18(14-3-1-2-4-16(14)21)23-24(17)19(25)12-7-9-22-10-8-12/h1-11H. The van der Waals surface area contributed by atoms with E-state index in [2.05, 4.69) is 26.0 Å². The summed E-state index contributed by atoms with van der Waals surface area (Å²) in [6.07, 6.45) is 3.18. The van der Waals surface area contributed by atoms with Crippen LogP contribution in [0.3, 0.4) is 0 Å². The largest absolute Gasteiger partial charge is 0.278 e. The van der Waals surface area contributed by atoms with E-state index in [9.17, 15) is 4.79 Å². The minimum absolute atomic E-state index is 0.215. The molecule has 2 heterocycles. The van der Waals surface area contributed by atoms with Crippen LogP contribution >= 0.6 is 27.5 Å². The molecule has 0 saturated carbocycles. The van der Waals surface area contributed by atoms with Gasteiger partial charge in [-0.15, -0.1) is 0 Å². The highest BCUT2D eigenvalue weighted by molar-refractivity contribution is 9.10. The molecule has 0 saturated heterocycles. The summed E-state index contributed by atoms with van der Waals surface area (Å²) in [5, 5.41) is 6.02. The molecule has 0 bridgehead atoms. The number of nitrogens with zero attached hydrogens (tertiary/aromatic N) is 3. The molecule has 0 atom stereocenters. The van der Waals surface area contributed by atoms with Gasteiger partial charge in [0.15, 0.2) is 0 Å². The van der Waals surface area contributed by atoms with E-state index in [0.717, 1.165) is 20.9 Å². The van der Waals surface area contributed by atoms with Gasteiger partial charge in [0.2, 0.25) is 0 Å². The molecule has 122 valence electrons. The Morgan fingerprint density at radius 3 is 2.56 bits per heavy atom. The molecule has 2 aromatic carbocycles. The molecule has 0 radical (unpaired) electrons. The van der Waals surface area contributed by atoms with Crippen LogP contribution in [0.4, 0.5) is 0 Å². The van der Waals surface area contributed by atoms with Crippen molar-refractivity contribution >= 4 is 44.3 Å². The zero-order valence-electron chi connectivity index (χ0n) is 12.9. The van der Waals surface area contributed by atoms with Crippen LogP contribution in [0.15, 0.2) is 71.5 Å². The second-order valence-corrected chi connectivity index (χ2v) is 6.77. The maximum absolute atomic E-state index is 12.9. The van der Waals surface area contributed by atoms with E-state index < -0.39 is 0 Å². The molecule has 0 aliphatic rings. The highest BCUT2D eigenvalue weighted by Gasteiger charge is 2.19. The number of benzene rings is 2. The van der Waals surface area contributed by atoms with Crippen molar-refractivity contribution in [1.29, 1.82) is 0 Å². The normalized spacial score (nSPS) is 11.0. The molecule has 0 aliphatic heterocycles. The molecule has 4 aromatic rings. The lowest BCUT2D eigenvalue weighted by Crippen LogP contribution is -2.13. The first-order valence-corrected chi connectivity index (χ1v) is 8.70. The molecule has 0 N–H and O–H groups in total. The van der Waals surface area contributed by atoms with Crippen molar-refractivity contribution in [2.45, 2.75) is 0 Å². The summed E-state index contributed by atoms with van der Waals surface area (Å²) in [6.45, 7) is 0. The highest BCUT2D eigenvalue weighted by atomic mass is 79.9. The molecular formula is C19H11BrClN3O. The molecule has 0 unspecified atom stereocenters. The summed E-state index contributed by atoms with van der Waals surface area (Å²) in [4.78, 5) is 16.9. The zero-order valence-corrected chi connectivity index (χ0v) is 15.2. The fraction of sp³-hybridized carbons (Fsp3) is 0. The van der Waals surface area contributed by atoms with Crippen molar-refractivity contribution in [1.82, 2.24) is 14.8 Å². The molecule has 2 aromatic heterocycles. The molecule has 4 rings (SSSR count). The number of hydrogen-bond acceptors (Lipinski definition) is 3. The Hall–Kier alpha value is -2.50. The van der Waals surface area contributed by atoms with Crippen LogP contribution in [0.2, 0.25) is 5.02 Å². The SMILES string of the molecule is O=C(c1ccncc1)n1nc(-c2ccccc2Cl)c2cc(Br)ccc21. The second kappa shape index (κ2) is 6.43. The van der Waals surface area contributed by atoms with Crippen molar-refractivity contribution in [2.24, 2.45) is 0 Å². The molecule has 0 aliphatic carbocycles. The van der Waals surface area contributed by atoms with Gasteiger partial charge in [-0.3, -0.25) is 9.78 Å². The third kappa shape index (κ3) is 2.86. The van der Waals surface area contributed by atoms with Crippen molar-refractivity contribution in [3.05, 3.63) is 82.0 Å². The predicted molar refractivity (Wildman–Crippen MR) is 102 cm³/mol. The van der Waals surface area contributed by atoms with E-state index >= 15 is 0 Å². The first kappa shape index (κ1) is 16.0. The Kier molecular flexibility index (Phi) is 4.11. The fourth-order valence-corrected chi connectivity index (χ4v) is 3.30. The van der Waals surface area contributed by atoms with E-state index in [1.54, 1.807) is 24.5 Å². The lowest BCUT2D eigenvalue weighted by Gasteiger charge is -2.02. The molecule has 25 heavy (non-hydrogen) atoms. The van der Waals surface area contributed by atoms with Crippen LogP contribution in [-0.2, 0) is 0 Å². The van der Waals surface area contributed by atoms with Crippen LogP contribution in [0.25, 0.3) is 22.2 Å². The third-order valence-electron chi connectivity index (χ3n) is 3.89. The van der Waals surface area contributed by atoms with Crippen molar-refractivity contribution < 1.29 is 4.79 Å². The molecule has 0 spiro atoms. The number of carbonyl (C=O) groups excluding carboxylic acids is 1. The summed E-state index contributed by atoms with van der Waals surface area (Å²) in [6, 6.07) is 16.5. The zero-order chi connectivity index (χ0) is 17.4. The van der Waals surface area contributed by atoms with Crippen LogP contribution in [-0.4, -0.2) is 20.7 Å². The molecule has 4 nitrogen and oxygen atoms in total. The topological polar surface area (TPSA) is 47.8 Å². The summed E-state index contributed by atoms with van der Waals surface area (Å²) in [5.41, 5.74) is 2.70. The van der Waals surface area contributed by atoms with E-state index in [1.165, 1.54) is 4.68 Å². The number of aromatic nitrogens is 3. The number of carbonyl (C=O) groups is 1. The van der Waals surface area contributed by atoms with E-state index in [1.807, 2.05) is 42.5 Å². The minimum atomic E-state index is -0.215. The third-order valence-corrected chi connectivity index (χ3v) is 4.71. The average Bonchev–Trinajstić information content (AvgIpc) is 3.00. The van der Waals surface area contributed by atoms with Crippen LogP contribution in [0.5, 0.6) is 0 Å². The number of pyridine rings is 1. The van der Waals surface area contributed by atoms with Gasteiger partial charge in [0.25, 0.3) is 5.91 Å². The number of hydrogen-bond donors (Lipinski definition) is 0. The van der Waals surface area contributed by atoms with Gasteiger partial charge in [0.05, 0.1) is 10.5 Å².